The number of halogens is 2. The standard InChI is InChI=1S/C23H25F2N8O7PS/c24-14-9-2-4-36-23-15(25)17(22(39-23)33-8-30-16-11(33)5-13(26)31-20(16)34)40-41(35,42)37-6-12(9)38-21(14)32-3-1-10-18(27)28-7-29-19(10)32/h1,3,5,7-9,12,14-15,17,21-23H,2,4,6H2,(H,35,42)(H3,26,31,34)(H2,27,28,29)/t9-,12-,14+,15+,17-,21-,22-,23?,41?/m1/s1. The number of rotatable bonds is 2. The Balaban J connectivity index is 1.17. The highest BCUT2D eigenvalue weighted by Gasteiger charge is 2.52. The second-order valence-electron chi connectivity index (χ2n) is 10.2. The number of hydrogen-bond donors (Lipinski definition) is 4. The van der Waals surface area contributed by atoms with E-state index in [1.807, 2.05) is 0 Å². The molecule has 6 N–H and O–H groups in total. The summed E-state index contributed by atoms with van der Waals surface area (Å²) in [5, 5.41) is 0.535. The van der Waals surface area contributed by atoms with Gasteiger partial charge in [-0.3, -0.25) is 9.32 Å². The first-order valence-corrected chi connectivity index (χ1v) is 15.5. The number of aromatic amines is 1. The molecule has 4 aromatic heterocycles. The van der Waals surface area contributed by atoms with Crippen molar-refractivity contribution in [2.24, 2.45) is 5.92 Å². The summed E-state index contributed by atoms with van der Waals surface area (Å²) in [7, 11) is 0. The molecule has 4 aromatic rings. The minimum Gasteiger partial charge on any atom is -0.385 e. The molecule has 0 saturated carbocycles. The molecular weight excluding hydrogens is 601 g/mol. The average Bonchev–Trinajstić information content (AvgIpc) is 3.69. The Morgan fingerprint density at radius 3 is 2.81 bits per heavy atom. The molecular formula is C23H25F2N8O7PS. The molecule has 0 amide bonds. The zero-order valence-electron chi connectivity index (χ0n) is 21.5. The molecule has 7 heterocycles. The van der Waals surface area contributed by atoms with Crippen molar-refractivity contribution in [3.63, 3.8) is 0 Å². The summed E-state index contributed by atoms with van der Waals surface area (Å²) in [6.45, 7) is -4.60. The fourth-order valence-electron chi connectivity index (χ4n) is 5.70. The summed E-state index contributed by atoms with van der Waals surface area (Å²) in [5.41, 5.74) is 11.8. The van der Waals surface area contributed by atoms with Gasteiger partial charge in [0.25, 0.3) is 5.56 Å². The third-order valence-electron chi connectivity index (χ3n) is 7.68. The molecule has 19 heteroatoms. The van der Waals surface area contributed by atoms with Gasteiger partial charge in [0.05, 0.1) is 36.5 Å². The maximum Gasteiger partial charge on any atom is 0.325 e. The number of anilines is 2. The molecule has 7 rings (SSSR count). The van der Waals surface area contributed by atoms with Gasteiger partial charge in [-0.05, 0) is 24.3 Å². The van der Waals surface area contributed by atoms with Crippen molar-refractivity contribution in [1.82, 2.24) is 29.1 Å². The Morgan fingerprint density at radius 1 is 1.14 bits per heavy atom. The molecule has 2 unspecified atom stereocenters. The lowest BCUT2D eigenvalue weighted by molar-refractivity contribution is -0.168. The van der Waals surface area contributed by atoms with Crippen molar-refractivity contribution >= 4 is 52.2 Å². The van der Waals surface area contributed by atoms with Gasteiger partial charge in [0, 0.05) is 18.2 Å². The Bertz CT molecular complexity index is 1770. The zero-order chi connectivity index (χ0) is 29.3. The predicted molar refractivity (Wildman–Crippen MR) is 146 cm³/mol. The highest BCUT2D eigenvalue weighted by Crippen LogP contribution is 2.52. The van der Waals surface area contributed by atoms with Gasteiger partial charge in [0.15, 0.2) is 36.6 Å². The van der Waals surface area contributed by atoms with Gasteiger partial charge >= 0.3 is 6.72 Å². The number of H-pyrrole nitrogens is 1. The number of ether oxygens (including phenoxy) is 3. The van der Waals surface area contributed by atoms with Crippen molar-refractivity contribution in [3.05, 3.63) is 41.3 Å². The van der Waals surface area contributed by atoms with E-state index >= 15 is 8.78 Å². The summed E-state index contributed by atoms with van der Waals surface area (Å²) in [6.07, 6.45) is -5.52. The predicted octanol–water partition coefficient (Wildman–Crippen LogP) is 1.42. The second kappa shape index (κ2) is 10.3. The van der Waals surface area contributed by atoms with Crippen LogP contribution < -0.4 is 17.0 Å². The van der Waals surface area contributed by atoms with E-state index in [4.69, 9.17) is 46.5 Å². The Kier molecular flexibility index (Phi) is 6.78. The number of pyridine rings is 1. The largest absolute Gasteiger partial charge is 0.385 e. The number of hydrogen-bond acceptors (Lipinski definition) is 12. The maximum atomic E-state index is 16.0. The van der Waals surface area contributed by atoms with Crippen molar-refractivity contribution in [1.29, 1.82) is 0 Å². The van der Waals surface area contributed by atoms with E-state index in [1.54, 1.807) is 12.3 Å². The molecule has 0 spiro atoms. The van der Waals surface area contributed by atoms with Crippen molar-refractivity contribution < 1.29 is 36.9 Å². The smallest absolute Gasteiger partial charge is 0.325 e. The third kappa shape index (κ3) is 4.58. The normalized spacial score (nSPS) is 35.7. The molecule has 0 aromatic carbocycles. The van der Waals surface area contributed by atoms with Crippen molar-refractivity contribution in [3.8, 4) is 0 Å². The van der Waals surface area contributed by atoms with Crippen LogP contribution in [-0.4, -0.2) is 78.0 Å². The number of nitrogens with zero attached hydrogens (tertiary/aromatic N) is 5. The fraction of sp³-hybridized carbons (Fsp3) is 0.478. The summed E-state index contributed by atoms with van der Waals surface area (Å²) in [4.78, 5) is 37.9. The monoisotopic (exact) mass is 626 g/mol. The van der Waals surface area contributed by atoms with Gasteiger partial charge in [0.2, 0.25) is 0 Å². The van der Waals surface area contributed by atoms with Gasteiger partial charge in [-0.2, -0.15) is 0 Å². The van der Waals surface area contributed by atoms with Crippen LogP contribution in [0, 0.1) is 5.92 Å². The Morgan fingerprint density at radius 2 is 1.98 bits per heavy atom. The Labute approximate surface area is 239 Å². The van der Waals surface area contributed by atoms with E-state index in [0.717, 1.165) is 0 Å². The number of imidazole rings is 1. The number of nitrogen functional groups attached to an aromatic ring is 2. The number of nitrogens with two attached hydrogens (primary N) is 2. The first-order chi connectivity index (χ1) is 20.1. The number of fused-ring (bicyclic) bond motifs is 5. The lowest BCUT2D eigenvalue weighted by atomic mass is 9.96. The molecule has 0 aliphatic carbocycles. The van der Waals surface area contributed by atoms with Crippen molar-refractivity contribution in [2.75, 3.05) is 24.7 Å². The van der Waals surface area contributed by atoms with Crippen LogP contribution in [0.4, 0.5) is 20.4 Å². The van der Waals surface area contributed by atoms with E-state index in [1.165, 1.54) is 27.9 Å². The third-order valence-corrected chi connectivity index (χ3v) is 9.24. The van der Waals surface area contributed by atoms with Crippen LogP contribution in [0.3, 0.4) is 0 Å². The van der Waals surface area contributed by atoms with E-state index < -0.39 is 61.5 Å². The molecule has 9 atom stereocenters. The maximum absolute atomic E-state index is 16.0. The van der Waals surface area contributed by atoms with E-state index in [-0.39, 0.29) is 42.3 Å². The summed E-state index contributed by atoms with van der Waals surface area (Å²) in [5.74, 6) is -0.508. The average molecular weight is 627 g/mol. The first-order valence-electron chi connectivity index (χ1n) is 12.9. The van der Waals surface area contributed by atoms with Crippen LogP contribution in [-0.2, 0) is 35.1 Å². The quantitative estimate of drug-likeness (QED) is 0.233. The number of nitrogens with one attached hydrogen (secondary N) is 1. The molecule has 3 aliphatic rings. The topological polar surface area (TPSA) is 200 Å². The van der Waals surface area contributed by atoms with Gasteiger partial charge in [0.1, 0.15) is 29.7 Å². The highest BCUT2D eigenvalue weighted by atomic mass is 32.5. The van der Waals surface area contributed by atoms with Crippen LogP contribution in [0.5, 0.6) is 0 Å². The van der Waals surface area contributed by atoms with Crippen LogP contribution in [0.15, 0.2) is 35.8 Å². The van der Waals surface area contributed by atoms with Crippen LogP contribution >= 0.6 is 6.72 Å². The minimum absolute atomic E-state index is 0.0297. The number of alkyl halides is 2. The summed E-state index contributed by atoms with van der Waals surface area (Å²) >= 11 is 5.21. The molecule has 42 heavy (non-hydrogen) atoms. The lowest BCUT2D eigenvalue weighted by Crippen LogP contribution is -2.34. The molecule has 2 bridgehead atoms. The van der Waals surface area contributed by atoms with Crippen LogP contribution in [0.2, 0.25) is 0 Å². The van der Waals surface area contributed by atoms with Crippen LogP contribution in [0.1, 0.15) is 18.9 Å². The second-order valence-corrected chi connectivity index (χ2v) is 13.0. The SMILES string of the molecule is Nc1cc2c(ncn2[C@@H]2OC3OCC[C@H]4[C@H](F)[C@H](n5ccc6c(N)ncnc65)O[C@@H]4COP(O)(=S)O[C@@H]2[C@@H]3F)c(=O)[nH]1. The molecule has 0 radical (unpaired) electrons. The summed E-state index contributed by atoms with van der Waals surface area (Å²) in [6, 6.07) is 3.09. The fourth-order valence-corrected chi connectivity index (χ4v) is 7.10. The Hall–Kier alpha value is -3.09. The molecule has 3 fully saturated rings. The highest BCUT2D eigenvalue weighted by molar-refractivity contribution is 8.07. The van der Waals surface area contributed by atoms with Crippen LogP contribution in [0.25, 0.3) is 22.1 Å². The van der Waals surface area contributed by atoms with E-state index in [2.05, 4.69) is 19.9 Å². The minimum atomic E-state index is -4.15. The molecule has 3 saturated heterocycles. The molecule has 15 nitrogen and oxygen atoms in total. The molecule has 3 aliphatic heterocycles. The first kappa shape index (κ1) is 27.7. The van der Waals surface area contributed by atoms with Gasteiger partial charge < -0.3 is 49.2 Å². The summed E-state index contributed by atoms with van der Waals surface area (Å²) < 4.78 is 63.4. The number of aromatic nitrogens is 6. The molecule has 224 valence electrons. The van der Waals surface area contributed by atoms with Gasteiger partial charge in [-0.1, -0.05) is 0 Å². The zero-order valence-corrected chi connectivity index (χ0v) is 23.2. The van der Waals surface area contributed by atoms with Gasteiger partial charge in [-0.15, -0.1) is 0 Å². The van der Waals surface area contributed by atoms with E-state index in [0.29, 0.717) is 11.0 Å². The van der Waals surface area contributed by atoms with E-state index in [9.17, 15) is 9.69 Å². The van der Waals surface area contributed by atoms with Gasteiger partial charge in [-0.25, -0.2) is 23.7 Å². The lowest BCUT2D eigenvalue weighted by Gasteiger charge is -2.27. The van der Waals surface area contributed by atoms with Crippen molar-refractivity contribution in [2.45, 2.75) is 49.7 Å².